The van der Waals surface area contributed by atoms with Gasteiger partial charge in [0.25, 0.3) is 0 Å². The van der Waals surface area contributed by atoms with Crippen molar-refractivity contribution in [3.05, 3.63) is 48.0 Å². The maximum atomic E-state index is 13.4. The average Bonchev–Trinajstić information content (AvgIpc) is 3.34. The zero-order valence-corrected chi connectivity index (χ0v) is 44.2. The first-order chi connectivity index (χ1) is 31.4. The number of carbonyl (C=O) groups is 4. The first-order valence-corrected chi connectivity index (χ1v) is 27.2. The van der Waals surface area contributed by atoms with Crippen molar-refractivity contribution in [2.45, 2.75) is 223 Å². The molecule has 1 aromatic carbocycles. The summed E-state index contributed by atoms with van der Waals surface area (Å²) >= 11 is 0. The van der Waals surface area contributed by atoms with E-state index in [0.717, 1.165) is 57.2 Å². The second-order valence-corrected chi connectivity index (χ2v) is 19.1. The summed E-state index contributed by atoms with van der Waals surface area (Å²) in [4.78, 5) is 51.4. The molecule has 3 rings (SSSR count). The highest BCUT2D eigenvalue weighted by atomic mass is 16.5. The molecule has 0 spiro atoms. The maximum absolute atomic E-state index is 13.4. The number of ketones is 3. The fourth-order valence-electron chi connectivity index (χ4n) is 9.92. The lowest BCUT2D eigenvalue weighted by Crippen LogP contribution is -2.27. The summed E-state index contributed by atoms with van der Waals surface area (Å²) in [6.07, 6.45) is 21.7. The number of allylic oxidation sites excluding steroid dienone is 1. The molecule has 0 aliphatic heterocycles. The van der Waals surface area contributed by atoms with Gasteiger partial charge >= 0.3 is 0 Å². The predicted octanol–water partition coefficient (Wildman–Crippen LogP) is 15.3. The molecule has 2 fully saturated rings. The third kappa shape index (κ3) is 26.5. The Kier molecular flexibility index (Phi) is 37.8. The van der Waals surface area contributed by atoms with Crippen molar-refractivity contribution in [2.24, 2.45) is 53.1 Å². The van der Waals surface area contributed by atoms with Gasteiger partial charge in [-0.05, 0) is 91.9 Å². The van der Waals surface area contributed by atoms with Gasteiger partial charge in [-0.15, -0.1) is 0 Å². The van der Waals surface area contributed by atoms with E-state index in [0.29, 0.717) is 61.2 Å². The summed E-state index contributed by atoms with van der Waals surface area (Å²) in [5.41, 5.74) is 7.68. The van der Waals surface area contributed by atoms with E-state index in [1.807, 2.05) is 54.5 Å². The van der Waals surface area contributed by atoms with Crippen LogP contribution < -0.4 is 5.73 Å². The summed E-state index contributed by atoms with van der Waals surface area (Å²) in [5.74, 6) is 1.67. The Morgan fingerprint density at radius 1 is 0.677 bits per heavy atom. The quantitative estimate of drug-likeness (QED) is 0.0438. The number of hydrogen-bond acceptors (Lipinski definition) is 6. The minimum atomic E-state index is -0.748. The number of amides is 1. The largest absolute Gasteiger partial charge is 0.381 e. The molecule has 376 valence electrons. The fraction of sp³-hybridized carbons (Fsp3) is 0.793. The van der Waals surface area contributed by atoms with Crippen LogP contribution >= 0.6 is 0 Å². The topological polar surface area (TPSA) is 113 Å². The van der Waals surface area contributed by atoms with Crippen LogP contribution in [0.4, 0.5) is 0 Å². The van der Waals surface area contributed by atoms with E-state index < -0.39 is 29.3 Å². The number of hydrogen-bond donors (Lipinski definition) is 1. The highest BCUT2D eigenvalue weighted by molar-refractivity contribution is 6.38. The fourth-order valence-corrected chi connectivity index (χ4v) is 9.92. The zero-order chi connectivity index (χ0) is 49.0. The number of Topliss-reactive ketones (excluding diaryl/α,β-unsaturated/α-hetero) is 3. The lowest BCUT2D eigenvalue weighted by Gasteiger charge is -2.33. The van der Waals surface area contributed by atoms with E-state index in [9.17, 15) is 19.2 Å². The molecule has 2 aliphatic carbocycles. The number of benzene rings is 1. The van der Waals surface area contributed by atoms with Crippen molar-refractivity contribution >= 4 is 23.3 Å². The highest BCUT2D eigenvalue weighted by Gasteiger charge is 2.29. The Labute approximate surface area is 401 Å². The second-order valence-electron chi connectivity index (χ2n) is 19.1. The number of primary amides is 1. The molecule has 2 N–H and O–H groups in total. The number of ether oxygens (including phenoxy) is 2. The molecule has 6 atom stereocenters. The molecule has 0 radical (unpaired) electrons. The standard InChI is InChI=1S/C52H85NO6.3C2H6/c1-7-18-46(51(56)50(55)28-27-48(54)35-49(52(53)57)45-23-16-11-17-24-45)30-32-58-36-41(34-42(8-2)43-19-12-9-13-20-43)29-31-59-37-47(44-21-14-10-15-22-44)33-39(5)25-26-40(6)38(3)4;3*1-2/h11,16-17,23-24,38,40-44,46-47,49H,5,7-10,12-15,18-22,25-37H2,1-4,6H3,(H2,53,57);3*1-2H3/t40?,41?,42-,46?,47+,49-;;;/m0.../s1. The molecule has 2 saturated carbocycles. The Morgan fingerprint density at radius 2 is 1.23 bits per heavy atom. The summed E-state index contributed by atoms with van der Waals surface area (Å²) < 4.78 is 13.0. The number of nitrogens with two attached hydrogens (primary N) is 1. The summed E-state index contributed by atoms with van der Waals surface area (Å²) in [6.45, 7) is 30.6. The molecule has 0 saturated heterocycles. The molecule has 3 unspecified atom stereocenters. The van der Waals surface area contributed by atoms with Crippen molar-refractivity contribution < 1.29 is 28.7 Å². The Bertz CT molecular complexity index is 1360. The summed E-state index contributed by atoms with van der Waals surface area (Å²) in [7, 11) is 0. The average molecular weight is 910 g/mol. The maximum Gasteiger partial charge on any atom is 0.225 e. The molecule has 0 bridgehead atoms. The van der Waals surface area contributed by atoms with Gasteiger partial charge in [-0.3, -0.25) is 19.2 Å². The molecular formula is C58H103NO6. The van der Waals surface area contributed by atoms with Gasteiger partial charge in [0.15, 0.2) is 5.78 Å². The third-order valence-corrected chi connectivity index (χ3v) is 14.3. The Hall–Kier alpha value is -2.64. The van der Waals surface area contributed by atoms with Crippen molar-refractivity contribution in [3.8, 4) is 0 Å². The van der Waals surface area contributed by atoms with Crippen molar-refractivity contribution in [1.82, 2.24) is 0 Å². The SMILES string of the molecule is C=C(CCC(C)C(C)C)C[C@H](COCCC(COCCC(CCC)C(=O)C(=O)CCC(=O)C[C@H](C(N)=O)c1ccccc1)C[C@H](CC)C1CCCCC1)C1CCCCC1.CC.CC.CC. The van der Waals surface area contributed by atoms with Crippen LogP contribution in [0.2, 0.25) is 0 Å². The van der Waals surface area contributed by atoms with Crippen molar-refractivity contribution in [1.29, 1.82) is 0 Å². The van der Waals surface area contributed by atoms with Crippen LogP contribution in [0.25, 0.3) is 0 Å². The van der Waals surface area contributed by atoms with E-state index in [1.165, 1.54) is 82.6 Å². The van der Waals surface area contributed by atoms with Crippen LogP contribution in [0.1, 0.15) is 229 Å². The van der Waals surface area contributed by atoms with Crippen molar-refractivity contribution in [2.75, 3.05) is 26.4 Å². The van der Waals surface area contributed by atoms with Gasteiger partial charge in [0, 0.05) is 51.6 Å². The van der Waals surface area contributed by atoms with Crippen LogP contribution in [0.15, 0.2) is 42.5 Å². The van der Waals surface area contributed by atoms with E-state index in [4.69, 9.17) is 15.2 Å². The molecule has 7 heteroatoms. The van der Waals surface area contributed by atoms with E-state index in [2.05, 4.69) is 34.3 Å². The van der Waals surface area contributed by atoms with Gasteiger partial charge in [-0.2, -0.15) is 0 Å². The Balaban J connectivity index is 0.00000654. The molecule has 65 heavy (non-hydrogen) atoms. The molecule has 2 aliphatic rings. The lowest BCUT2D eigenvalue weighted by atomic mass is 9.75. The molecule has 0 heterocycles. The van der Waals surface area contributed by atoms with Crippen LogP contribution in [0.5, 0.6) is 0 Å². The lowest BCUT2D eigenvalue weighted by molar-refractivity contribution is -0.140. The number of carbonyl (C=O) groups excluding carboxylic acids is 4. The smallest absolute Gasteiger partial charge is 0.225 e. The van der Waals surface area contributed by atoms with Crippen LogP contribution in [0.3, 0.4) is 0 Å². The van der Waals surface area contributed by atoms with Crippen LogP contribution in [-0.4, -0.2) is 49.7 Å². The van der Waals surface area contributed by atoms with Crippen LogP contribution in [0, 0.1) is 47.3 Å². The van der Waals surface area contributed by atoms with Gasteiger partial charge in [-0.1, -0.05) is 196 Å². The van der Waals surface area contributed by atoms with Crippen molar-refractivity contribution in [3.63, 3.8) is 0 Å². The monoisotopic (exact) mass is 910 g/mol. The molecular weight excluding hydrogens is 807 g/mol. The first kappa shape index (κ1) is 62.4. The predicted molar refractivity (Wildman–Crippen MR) is 276 cm³/mol. The van der Waals surface area contributed by atoms with E-state index in [-0.39, 0.29) is 25.0 Å². The third-order valence-electron chi connectivity index (χ3n) is 14.3. The molecule has 1 aromatic rings. The Morgan fingerprint density at radius 3 is 1.77 bits per heavy atom. The van der Waals surface area contributed by atoms with Gasteiger partial charge in [0.05, 0.1) is 5.92 Å². The van der Waals surface area contributed by atoms with Gasteiger partial charge in [0.1, 0.15) is 5.78 Å². The summed E-state index contributed by atoms with van der Waals surface area (Å²) in [6, 6.07) is 8.97. The van der Waals surface area contributed by atoms with Gasteiger partial charge < -0.3 is 15.2 Å². The molecule has 1 amide bonds. The molecule has 7 nitrogen and oxygen atoms in total. The number of rotatable bonds is 32. The minimum absolute atomic E-state index is 0.0757. The zero-order valence-electron chi connectivity index (χ0n) is 44.2. The first-order valence-electron chi connectivity index (χ1n) is 27.2. The summed E-state index contributed by atoms with van der Waals surface area (Å²) in [5, 5.41) is 0. The van der Waals surface area contributed by atoms with Crippen LogP contribution in [-0.2, 0) is 28.7 Å². The highest BCUT2D eigenvalue weighted by Crippen LogP contribution is 2.37. The van der Waals surface area contributed by atoms with Gasteiger partial charge in [0.2, 0.25) is 11.7 Å². The molecule has 0 aromatic heterocycles. The minimum Gasteiger partial charge on any atom is -0.381 e. The van der Waals surface area contributed by atoms with Gasteiger partial charge in [-0.25, -0.2) is 0 Å². The van der Waals surface area contributed by atoms with E-state index in [1.54, 1.807) is 24.3 Å². The second kappa shape index (κ2) is 39.4. The normalized spacial score (nSPS) is 17.0. The van der Waals surface area contributed by atoms with E-state index >= 15 is 0 Å².